The fourth-order valence-electron chi connectivity index (χ4n) is 3.26. The van der Waals surface area contributed by atoms with E-state index in [9.17, 15) is 14.7 Å². The van der Waals surface area contributed by atoms with Crippen molar-refractivity contribution in [3.8, 4) is 16.9 Å². The molecule has 0 saturated carbocycles. The van der Waals surface area contributed by atoms with E-state index >= 15 is 0 Å². The minimum Gasteiger partial charge on any atom is -0.507 e. The molecule has 0 fully saturated rings. The van der Waals surface area contributed by atoms with Crippen molar-refractivity contribution in [2.75, 3.05) is 7.11 Å². The van der Waals surface area contributed by atoms with E-state index in [1.165, 1.54) is 7.11 Å². The van der Waals surface area contributed by atoms with Gasteiger partial charge in [-0.3, -0.25) is 4.79 Å². The highest BCUT2D eigenvalue weighted by molar-refractivity contribution is 7.80. The summed E-state index contributed by atoms with van der Waals surface area (Å²) in [5, 5.41) is 10.4. The van der Waals surface area contributed by atoms with Gasteiger partial charge >= 0.3 is 5.97 Å². The van der Waals surface area contributed by atoms with E-state index in [4.69, 9.17) is 4.74 Å². The second-order valence-electron chi connectivity index (χ2n) is 5.89. The van der Waals surface area contributed by atoms with Crippen molar-refractivity contribution in [1.29, 1.82) is 0 Å². The molecule has 2 aromatic rings. The predicted octanol–water partition coefficient (Wildman–Crippen LogP) is 3.96. The number of phenols is 1. The lowest BCUT2D eigenvalue weighted by Gasteiger charge is -2.21. The van der Waals surface area contributed by atoms with Crippen LogP contribution < -0.4 is 0 Å². The highest BCUT2D eigenvalue weighted by atomic mass is 32.1. The van der Waals surface area contributed by atoms with Gasteiger partial charge in [0.15, 0.2) is 5.78 Å². The third-order valence-electron chi connectivity index (χ3n) is 4.53. The Hall–Kier alpha value is -2.27. The van der Waals surface area contributed by atoms with Crippen molar-refractivity contribution >= 4 is 24.4 Å². The van der Waals surface area contributed by atoms with Crippen molar-refractivity contribution in [3.63, 3.8) is 0 Å². The fraction of sp³-hybridized carbons (Fsp3) is 0.263. The third kappa shape index (κ3) is 2.59. The molecular weight excluding hydrogens is 324 g/mol. The fourth-order valence-corrected chi connectivity index (χ4v) is 3.55. The number of hydrogen-bond acceptors (Lipinski definition) is 5. The van der Waals surface area contributed by atoms with E-state index in [2.05, 4.69) is 12.6 Å². The molecule has 1 N–H and O–H groups in total. The van der Waals surface area contributed by atoms with Crippen LogP contribution in [0.5, 0.6) is 5.75 Å². The summed E-state index contributed by atoms with van der Waals surface area (Å²) >= 11 is 4.45. The zero-order valence-electron chi connectivity index (χ0n) is 13.5. The van der Waals surface area contributed by atoms with Gasteiger partial charge in [0, 0.05) is 22.4 Å². The molecule has 0 saturated heterocycles. The quantitative estimate of drug-likeness (QED) is 0.640. The van der Waals surface area contributed by atoms with Gasteiger partial charge < -0.3 is 9.84 Å². The second-order valence-corrected chi connectivity index (χ2v) is 6.34. The number of rotatable bonds is 2. The largest absolute Gasteiger partial charge is 0.507 e. The zero-order chi connectivity index (χ0) is 17.4. The maximum absolute atomic E-state index is 12.2. The maximum Gasteiger partial charge on any atom is 0.338 e. The van der Waals surface area contributed by atoms with E-state index in [1.54, 1.807) is 24.3 Å². The van der Waals surface area contributed by atoms with Crippen molar-refractivity contribution in [3.05, 3.63) is 46.5 Å². The van der Waals surface area contributed by atoms with E-state index in [1.807, 2.05) is 6.92 Å². The Morgan fingerprint density at radius 2 is 1.88 bits per heavy atom. The van der Waals surface area contributed by atoms with Crippen LogP contribution in [0.2, 0.25) is 0 Å². The smallest absolute Gasteiger partial charge is 0.338 e. The Morgan fingerprint density at radius 3 is 2.58 bits per heavy atom. The van der Waals surface area contributed by atoms with Crippen molar-refractivity contribution in [2.24, 2.45) is 0 Å². The molecule has 24 heavy (non-hydrogen) atoms. The highest BCUT2D eigenvalue weighted by Gasteiger charge is 2.24. The average Bonchev–Trinajstić information content (AvgIpc) is 2.57. The number of thiol groups is 1. The molecule has 3 rings (SSSR count). The molecule has 1 aliphatic carbocycles. The Balaban J connectivity index is 2.24. The van der Waals surface area contributed by atoms with Gasteiger partial charge in [-0.25, -0.2) is 4.79 Å². The monoisotopic (exact) mass is 342 g/mol. The van der Waals surface area contributed by atoms with Crippen molar-refractivity contribution < 1.29 is 19.4 Å². The number of ether oxygens (including phenoxy) is 1. The number of methoxy groups -OCH3 is 1. The van der Waals surface area contributed by atoms with E-state index in [-0.39, 0.29) is 11.5 Å². The van der Waals surface area contributed by atoms with Gasteiger partial charge in [0.1, 0.15) is 5.75 Å². The van der Waals surface area contributed by atoms with Crippen LogP contribution in [0.3, 0.4) is 0 Å². The molecule has 0 atom stereocenters. The SMILES string of the molecule is COC(=O)c1ccc(-c2c(O)ccc3c2CCCC3=O)c(C)c1S. The van der Waals surface area contributed by atoms with Crippen LogP contribution >= 0.6 is 12.6 Å². The average molecular weight is 342 g/mol. The number of esters is 1. The van der Waals surface area contributed by atoms with E-state index in [0.717, 1.165) is 29.5 Å². The second kappa shape index (κ2) is 6.32. The number of benzene rings is 2. The topological polar surface area (TPSA) is 63.6 Å². The molecule has 0 aliphatic heterocycles. The lowest BCUT2D eigenvalue weighted by molar-refractivity contribution is 0.0596. The standard InChI is InChI=1S/C19H18O4S/c1-10-11(6-7-14(18(10)24)19(22)23-2)17-13-4-3-5-15(20)12(13)8-9-16(17)21/h6-9,21,24H,3-5H2,1-2H3. The minimum absolute atomic E-state index is 0.104. The number of aromatic hydroxyl groups is 1. The first-order valence-corrected chi connectivity index (χ1v) is 8.19. The first-order chi connectivity index (χ1) is 11.5. The lowest BCUT2D eigenvalue weighted by atomic mass is 9.83. The summed E-state index contributed by atoms with van der Waals surface area (Å²) in [5.41, 5.74) is 4.12. The molecule has 0 heterocycles. The van der Waals surface area contributed by atoms with E-state index in [0.29, 0.717) is 28.0 Å². The van der Waals surface area contributed by atoms with Crippen molar-refractivity contribution in [2.45, 2.75) is 31.1 Å². The number of carbonyl (C=O) groups is 2. The Morgan fingerprint density at radius 1 is 1.17 bits per heavy atom. The van der Waals surface area contributed by atoms with Crippen LogP contribution in [0.25, 0.3) is 11.1 Å². The normalized spacial score (nSPS) is 13.5. The lowest BCUT2D eigenvalue weighted by Crippen LogP contribution is -2.12. The molecule has 0 aromatic heterocycles. The summed E-state index contributed by atoms with van der Waals surface area (Å²) in [4.78, 5) is 24.5. The first kappa shape index (κ1) is 16.6. The molecule has 2 aromatic carbocycles. The molecule has 124 valence electrons. The van der Waals surface area contributed by atoms with Crippen LogP contribution in [0, 0.1) is 6.92 Å². The van der Waals surface area contributed by atoms with Gasteiger partial charge in [0.05, 0.1) is 12.7 Å². The van der Waals surface area contributed by atoms with Crippen LogP contribution in [0.15, 0.2) is 29.2 Å². The predicted molar refractivity (Wildman–Crippen MR) is 94.1 cm³/mol. The minimum atomic E-state index is -0.454. The number of Topliss-reactive ketones (excluding diaryl/α,β-unsaturated/α-hetero) is 1. The Kier molecular flexibility index (Phi) is 4.37. The summed E-state index contributed by atoms with van der Waals surface area (Å²) in [6.45, 7) is 1.84. The van der Waals surface area contributed by atoms with Gasteiger partial charge in [-0.15, -0.1) is 12.6 Å². The summed E-state index contributed by atoms with van der Waals surface area (Å²) in [7, 11) is 1.32. The summed E-state index contributed by atoms with van der Waals surface area (Å²) in [6.07, 6.45) is 2.05. The number of fused-ring (bicyclic) bond motifs is 1. The zero-order valence-corrected chi connectivity index (χ0v) is 14.4. The summed E-state index contributed by atoms with van der Waals surface area (Å²) in [5.74, 6) is -0.221. The van der Waals surface area contributed by atoms with Gasteiger partial charge in [0.2, 0.25) is 0 Å². The van der Waals surface area contributed by atoms with Crippen molar-refractivity contribution in [1.82, 2.24) is 0 Å². The third-order valence-corrected chi connectivity index (χ3v) is 5.10. The Bertz CT molecular complexity index is 855. The van der Waals surface area contributed by atoms with Crippen LogP contribution in [0.4, 0.5) is 0 Å². The molecule has 0 radical (unpaired) electrons. The van der Waals surface area contributed by atoms with Gasteiger partial charge in [-0.1, -0.05) is 6.07 Å². The molecule has 0 amide bonds. The van der Waals surface area contributed by atoms with Crippen LogP contribution in [0.1, 0.15) is 44.7 Å². The molecular formula is C19H18O4S. The molecule has 1 aliphatic rings. The number of carbonyl (C=O) groups excluding carboxylic acids is 2. The van der Waals surface area contributed by atoms with Crippen LogP contribution in [-0.4, -0.2) is 24.0 Å². The first-order valence-electron chi connectivity index (χ1n) is 7.75. The van der Waals surface area contributed by atoms with Gasteiger partial charge in [-0.2, -0.15) is 0 Å². The molecule has 0 spiro atoms. The summed E-state index contributed by atoms with van der Waals surface area (Å²) in [6, 6.07) is 6.66. The maximum atomic E-state index is 12.2. The Labute approximate surface area is 145 Å². The van der Waals surface area contributed by atoms with Crippen LogP contribution in [-0.2, 0) is 11.2 Å². The highest BCUT2D eigenvalue weighted by Crippen LogP contribution is 2.41. The number of phenolic OH excluding ortho intramolecular Hbond substituents is 1. The van der Waals surface area contributed by atoms with Gasteiger partial charge in [-0.05, 0) is 54.7 Å². The van der Waals surface area contributed by atoms with E-state index < -0.39 is 5.97 Å². The molecule has 4 nitrogen and oxygen atoms in total. The number of ketones is 1. The molecule has 0 bridgehead atoms. The molecule has 5 heteroatoms. The van der Waals surface area contributed by atoms with Gasteiger partial charge in [0.25, 0.3) is 0 Å². The number of hydrogen-bond donors (Lipinski definition) is 2. The molecule has 0 unspecified atom stereocenters. The summed E-state index contributed by atoms with van der Waals surface area (Å²) < 4.78 is 4.76.